The number of fused-ring (bicyclic) bond motifs is 1. The molecule has 35 heavy (non-hydrogen) atoms. The quantitative estimate of drug-likeness (QED) is 0.216. The number of carboxylic acid groups (broad SMARTS) is 1. The van der Waals surface area contributed by atoms with E-state index in [2.05, 4.69) is 4.98 Å². The Balaban J connectivity index is 1.76. The Bertz CT molecular complexity index is 1520. The van der Waals surface area contributed by atoms with E-state index in [1.807, 2.05) is 0 Å². The van der Waals surface area contributed by atoms with E-state index in [-0.39, 0.29) is 16.4 Å². The zero-order valence-electron chi connectivity index (χ0n) is 18.7. The molecule has 0 amide bonds. The molecule has 1 aromatic heterocycles. The minimum atomic E-state index is -4.15. The topological polar surface area (TPSA) is 163 Å². The van der Waals surface area contributed by atoms with E-state index >= 15 is 0 Å². The van der Waals surface area contributed by atoms with Crippen molar-refractivity contribution >= 4 is 38.5 Å². The van der Waals surface area contributed by atoms with Crippen molar-refractivity contribution in [3.63, 3.8) is 0 Å². The highest BCUT2D eigenvalue weighted by Crippen LogP contribution is 2.30. The molecule has 0 saturated carbocycles. The van der Waals surface area contributed by atoms with Gasteiger partial charge in [-0.2, -0.15) is 0 Å². The van der Waals surface area contributed by atoms with E-state index in [1.54, 1.807) is 60.1 Å². The summed E-state index contributed by atoms with van der Waals surface area (Å²) < 4.78 is 28.9. The van der Waals surface area contributed by atoms with Gasteiger partial charge in [-0.05, 0) is 35.9 Å². The third-order valence-electron chi connectivity index (χ3n) is 5.58. The molecule has 0 radical (unpaired) electrons. The summed E-state index contributed by atoms with van der Waals surface area (Å²) in [6.07, 6.45) is -1.10. The van der Waals surface area contributed by atoms with Crippen LogP contribution in [-0.2, 0) is 21.9 Å². The minimum Gasteiger partial charge on any atom is -0.480 e. The van der Waals surface area contributed by atoms with Gasteiger partial charge in [0.15, 0.2) is 0 Å². The Morgan fingerprint density at radius 2 is 1.77 bits per heavy atom. The predicted molar refractivity (Wildman–Crippen MR) is 131 cm³/mol. The number of anilines is 1. The number of aliphatic carboxylic acids is 1. The number of carboxylic acids is 1. The number of imidazole rings is 1. The largest absolute Gasteiger partial charge is 0.480 e. The number of aromatic nitrogens is 2. The molecule has 0 aliphatic heterocycles. The SMILES string of the molecule is Cn1c(C(O)c2ccc(C(=N)N)cc2)nc2cc(N(CC(=O)O)S(=O)(=O)c3ccccc3)ccc21. The van der Waals surface area contributed by atoms with Crippen molar-refractivity contribution in [2.24, 2.45) is 12.8 Å². The van der Waals surface area contributed by atoms with Crippen LogP contribution in [0.15, 0.2) is 77.7 Å². The van der Waals surface area contributed by atoms with E-state index in [4.69, 9.17) is 11.1 Å². The van der Waals surface area contributed by atoms with Crippen molar-refractivity contribution in [1.82, 2.24) is 9.55 Å². The summed E-state index contributed by atoms with van der Waals surface area (Å²) in [5.74, 6) is -1.09. The average Bonchev–Trinajstić information content (AvgIpc) is 3.18. The number of rotatable bonds is 8. The van der Waals surface area contributed by atoms with Gasteiger partial charge in [0.05, 0.1) is 21.6 Å². The first kappa shape index (κ1) is 23.9. The van der Waals surface area contributed by atoms with E-state index in [0.29, 0.717) is 28.0 Å². The molecule has 0 spiro atoms. The first-order valence-corrected chi connectivity index (χ1v) is 11.9. The molecule has 0 fully saturated rings. The molecule has 10 nitrogen and oxygen atoms in total. The summed E-state index contributed by atoms with van der Waals surface area (Å²) >= 11 is 0. The Kier molecular flexibility index (Phi) is 6.29. The summed E-state index contributed by atoms with van der Waals surface area (Å²) in [6.45, 7) is -0.770. The fourth-order valence-corrected chi connectivity index (χ4v) is 5.19. The maximum Gasteiger partial charge on any atom is 0.324 e. The Labute approximate surface area is 201 Å². The van der Waals surface area contributed by atoms with Gasteiger partial charge >= 0.3 is 5.97 Å². The van der Waals surface area contributed by atoms with Gasteiger partial charge in [0.2, 0.25) is 0 Å². The standard InChI is InChI=1S/C24H23N5O5S/c1-28-20-12-11-17(29(14-21(30)31)35(33,34)18-5-3-2-4-6-18)13-19(20)27-24(28)22(32)15-7-9-16(10-8-15)23(25)26/h2-13,22,32H,14H2,1H3,(H3,25,26)(H,30,31). The number of aryl methyl sites for hydroxylation is 1. The van der Waals surface area contributed by atoms with E-state index < -0.39 is 28.6 Å². The summed E-state index contributed by atoms with van der Waals surface area (Å²) in [6, 6.07) is 18.7. The Morgan fingerprint density at radius 1 is 1.11 bits per heavy atom. The molecule has 0 bridgehead atoms. The van der Waals surface area contributed by atoms with Crippen molar-refractivity contribution in [2.45, 2.75) is 11.0 Å². The number of amidine groups is 1. The van der Waals surface area contributed by atoms with Crippen molar-refractivity contribution < 1.29 is 23.4 Å². The third-order valence-corrected chi connectivity index (χ3v) is 7.37. The number of carbonyl (C=O) groups is 1. The number of hydrogen-bond acceptors (Lipinski definition) is 6. The highest BCUT2D eigenvalue weighted by molar-refractivity contribution is 7.92. The lowest BCUT2D eigenvalue weighted by atomic mass is 10.1. The lowest BCUT2D eigenvalue weighted by molar-refractivity contribution is -0.135. The summed E-state index contributed by atoms with van der Waals surface area (Å²) in [5, 5.41) is 27.8. The van der Waals surface area contributed by atoms with Crippen molar-refractivity contribution in [3.8, 4) is 0 Å². The van der Waals surface area contributed by atoms with Crippen LogP contribution >= 0.6 is 0 Å². The number of nitrogens with two attached hydrogens (primary N) is 1. The molecule has 11 heteroatoms. The lowest BCUT2D eigenvalue weighted by Gasteiger charge is -2.22. The van der Waals surface area contributed by atoms with Crippen LogP contribution in [0.5, 0.6) is 0 Å². The van der Waals surface area contributed by atoms with Crippen LogP contribution in [0.25, 0.3) is 11.0 Å². The van der Waals surface area contributed by atoms with Gasteiger partial charge in [-0.15, -0.1) is 0 Å². The van der Waals surface area contributed by atoms with Gasteiger partial charge in [-0.3, -0.25) is 14.5 Å². The maximum atomic E-state index is 13.2. The van der Waals surface area contributed by atoms with E-state index in [9.17, 15) is 23.4 Å². The molecule has 0 aliphatic carbocycles. The summed E-state index contributed by atoms with van der Waals surface area (Å²) in [5.41, 5.74) is 7.68. The first-order chi connectivity index (χ1) is 16.6. The fourth-order valence-electron chi connectivity index (χ4n) is 3.76. The van der Waals surface area contributed by atoms with Crippen LogP contribution in [-0.4, -0.2) is 46.5 Å². The molecule has 4 rings (SSSR count). The second-order valence-electron chi connectivity index (χ2n) is 7.86. The van der Waals surface area contributed by atoms with Gasteiger partial charge < -0.3 is 20.5 Å². The molecule has 3 aromatic carbocycles. The predicted octanol–water partition coefficient (Wildman–Crippen LogP) is 2.22. The molecule has 1 unspecified atom stereocenters. The van der Waals surface area contributed by atoms with Crippen molar-refractivity contribution in [1.29, 1.82) is 5.41 Å². The average molecular weight is 494 g/mol. The van der Waals surface area contributed by atoms with Gasteiger partial charge in [0, 0.05) is 12.6 Å². The second kappa shape index (κ2) is 9.20. The van der Waals surface area contributed by atoms with Crippen LogP contribution in [0.2, 0.25) is 0 Å². The summed E-state index contributed by atoms with van der Waals surface area (Å²) in [7, 11) is -2.44. The molecule has 1 atom stereocenters. The zero-order valence-corrected chi connectivity index (χ0v) is 19.5. The number of benzene rings is 3. The minimum absolute atomic E-state index is 0.0347. The lowest BCUT2D eigenvalue weighted by Crippen LogP contribution is -2.35. The van der Waals surface area contributed by atoms with Gasteiger partial charge in [-0.1, -0.05) is 42.5 Å². The highest BCUT2D eigenvalue weighted by Gasteiger charge is 2.28. The first-order valence-electron chi connectivity index (χ1n) is 10.5. The molecule has 5 N–H and O–H groups in total. The molecule has 0 aliphatic rings. The van der Waals surface area contributed by atoms with Crippen LogP contribution in [0.1, 0.15) is 23.1 Å². The molecule has 1 heterocycles. The molecular formula is C24H23N5O5S. The number of hydrogen-bond donors (Lipinski definition) is 4. The van der Waals surface area contributed by atoms with Crippen LogP contribution in [0.3, 0.4) is 0 Å². The third kappa shape index (κ3) is 4.59. The van der Waals surface area contributed by atoms with Crippen LogP contribution in [0.4, 0.5) is 5.69 Å². The number of sulfonamides is 1. The maximum absolute atomic E-state index is 13.2. The van der Waals surface area contributed by atoms with Gasteiger partial charge in [0.25, 0.3) is 10.0 Å². The fraction of sp³-hybridized carbons (Fsp3) is 0.125. The monoisotopic (exact) mass is 493 g/mol. The number of aliphatic hydroxyl groups is 1. The Hall–Kier alpha value is -4.22. The highest BCUT2D eigenvalue weighted by atomic mass is 32.2. The molecule has 0 saturated heterocycles. The normalized spacial score (nSPS) is 12.4. The van der Waals surface area contributed by atoms with Crippen molar-refractivity contribution in [3.05, 3.63) is 89.7 Å². The van der Waals surface area contributed by atoms with E-state index in [0.717, 1.165) is 4.31 Å². The number of nitrogens with zero attached hydrogens (tertiary/aromatic N) is 3. The molecular weight excluding hydrogens is 470 g/mol. The zero-order chi connectivity index (χ0) is 25.3. The van der Waals surface area contributed by atoms with Crippen molar-refractivity contribution in [2.75, 3.05) is 10.8 Å². The number of nitrogens with one attached hydrogen (secondary N) is 1. The van der Waals surface area contributed by atoms with Gasteiger partial charge in [0.1, 0.15) is 24.3 Å². The molecule has 4 aromatic rings. The van der Waals surface area contributed by atoms with E-state index in [1.165, 1.54) is 24.3 Å². The van der Waals surface area contributed by atoms with Crippen LogP contribution in [0, 0.1) is 5.41 Å². The van der Waals surface area contributed by atoms with Crippen LogP contribution < -0.4 is 10.0 Å². The Morgan fingerprint density at radius 3 is 2.37 bits per heavy atom. The summed E-state index contributed by atoms with van der Waals surface area (Å²) in [4.78, 5) is 16.0. The van der Waals surface area contributed by atoms with Gasteiger partial charge in [-0.25, -0.2) is 13.4 Å². The smallest absolute Gasteiger partial charge is 0.324 e. The molecule has 180 valence electrons. The number of nitrogen functional groups attached to an aromatic ring is 1. The second-order valence-corrected chi connectivity index (χ2v) is 9.72. The number of aliphatic hydroxyl groups excluding tert-OH is 1.